The van der Waals surface area contributed by atoms with Crippen molar-refractivity contribution in [3.8, 4) is 0 Å². The average Bonchev–Trinajstić information content (AvgIpc) is 2.77. The Labute approximate surface area is 118 Å². The average molecular weight is 299 g/mol. The van der Waals surface area contributed by atoms with Gasteiger partial charge in [0.2, 0.25) is 5.16 Å². The highest BCUT2D eigenvalue weighted by atomic mass is 35.5. The lowest BCUT2D eigenvalue weighted by molar-refractivity contribution is 0.0597. The second kappa shape index (κ2) is 5.50. The molecule has 19 heavy (non-hydrogen) atoms. The molecule has 1 aromatic heterocycles. The summed E-state index contributed by atoms with van der Waals surface area (Å²) in [6.45, 7) is 1.78. The van der Waals surface area contributed by atoms with E-state index in [-0.39, 0.29) is 0 Å². The first-order chi connectivity index (χ1) is 9.01. The van der Waals surface area contributed by atoms with Crippen molar-refractivity contribution in [2.24, 2.45) is 0 Å². The summed E-state index contributed by atoms with van der Waals surface area (Å²) >= 11 is 7.29. The molecule has 1 heterocycles. The van der Waals surface area contributed by atoms with Crippen LogP contribution in [0.2, 0.25) is 5.02 Å². The van der Waals surface area contributed by atoms with Gasteiger partial charge in [0.1, 0.15) is 5.82 Å². The molecule has 2 rings (SSSR count). The highest BCUT2D eigenvalue weighted by Crippen LogP contribution is 2.36. The van der Waals surface area contributed by atoms with E-state index in [0.29, 0.717) is 32.1 Å². The number of nitrogens with zero attached hydrogens (tertiary/aromatic N) is 2. The van der Waals surface area contributed by atoms with E-state index in [1.807, 2.05) is 0 Å². The minimum absolute atomic E-state index is 0.292. The van der Waals surface area contributed by atoms with Crippen molar-refractivity contribution < 1.29 is 9.53 Å². The topological polar surface area (TPSA) is 93.9 Å². The molecule has 0 saturated heterocycles. The molecule has 0 bridgehead atoms. The van der Waals surface area contributed by atoms with Crippen molar-refractivity contribution >= 4 is 35.0 Å². The maximum atomic E-state index is 11.7. The molecule has 0 aliphatic rings. The number of hydrogen-bond acceptors (Lipinski definition) is 6. The Morgan fingerprint density at radius 2 is 2.26 bits per heavy atom. The molecular formula is C11H11ClN4O2S. The maximum Gasteiger partial charge on any atom is 0.339 e. The van der Waals surface area contributed by atoms with Crippen LogP contribution in [0.25, 0.3) is 0 Å². The van der Waals surface area contributed by atoms with Crippen LogP contribution in [0.1, 0.15) is 16.2 Å². The van der Waals surface area contributed by atoms with Gasteiger partial charge in [0.15, 0.2) is 0 Å². The van der Waals surface area contributed by atoms with Crippen molar-refractivity contribution in [2.45, 2.75) is 17.0 Å². The molecule has 0 unspecified atom stereocenters. The lowest BCUT2D eigenvalue weighted by Gasteiger charge is -2.09. The molecule has 8 heteroatoms. The molecule has 2 aromatic rings. The summed E-state index contributed by atoms with van der Waals surface area (Å²) in [7, 11) is 1.30. The Hall–Kier alpha value is -1.73. The SMILES string of the molecule is COC(=O)c1cc(N)cc(Cl)c1Sc1n[nH]c(C)n1. The minimum Gasteiger partial charge on any atom is -0.465 e. The van der Waals surface area contributed by atoms with Crippen molar-refractivity contribution in [1.82, 2.24) is 15.2 Å². The van der Waals surface area contributed by atoms with Gasteiger partial charge < -0.3 is 10.5 Å². The predicted octanol–water partition coefficient (Wildman–Crippen LogP) is 2.29. The number of nitrogens with two attached hydrogens (primary N) is 1. The molecule has 0 amide bonds. The van der Waals surface area contributed by atoms with Gasteiger partial charge in [-0.25, -0.2) is 9.78 Å². The number of H-pyrrole nitrogens is 1. The van der Waals surface area contributed by atoms with Crippen LogP contribution in [0.15, 0.2) is 22.2 Å². The molecular weight excluding hydrogens is 288 g/mol. The third-order valence-electron chi connectivity index (χ3n) is 2.24. The number of nitrogen functional groups attached to an aromatic ring is 1. The normalized spacial score (nSPS) is 10.5. The molecule has 0 aliphatic heterocycles. The zero-order valence-corrected chi connectivity index (χ0v) is 11.8. The number of hydrogen-bond donors (Lipinski definition) is 2. The standard InChI is InChI=1S/C11H11ClN4O2S/c1-5-14-11(16-15-5)19-9-7(10(17)18-2)3-6(13)4-8(9)12/h3-4H,13H2,1-2H3,(H,14,15,16). The zero-order chi connectivity index (χ0) is 14.0. The number of aryl methyl sites for hydroxylation is 1. The quantitative estimate of drug-likeness (QED) is 0.667. The van der Waals surface area contributed by atoms with Gasteiger partial charge in [-0.15, -0.1) is 5.10 Å². The smallest absolute Gasteiger partial charge is 0.339 e. The van der Waals surface area contributed by atoms with Crippen LogP contribution in [0.3, 0.4) is 0 Å². The second-order valence-corrected chi connectivity index (χ2v) is 5.06. The fraction of sp³-hybridized carbons (Fsp3) is 0.182. The van der Waals surface area contributed by atoms with Crippen LogP contribution >= 0.6 is 23.4 Å². The molecule has 6 nitrogen and oxygen atoms in total. The van der Waals surface area contributed by atoms with E-state index >= 15 is 0 Å². The number of carbonyl (C=O) groups is 1. The van der Waals surface area contributed by atoms with Gasteiger partial charge in [-0.3, -0.25) is 5.10 Å². The third kappa shape index (κ3) is 2.99. The lowest BCUT2D eigenvalue weighted by Crippen LogP contribution is -2.05. The van der Waals surface area contributed by atoms with Crippen LogP contribution in [0.5, 0.6) is 0 Å². The van der Waals surface area contributed by atoms with E-state index in [0.717, 1.165) is 0 Å². The molecule has 100 valence electrons. The fourth-order valence-electron chi connectivity index (χ4n) is 1.44. The van der Waals surface area contributed by atoms with E-state index in [1.165, 1.54) is 24.9 Å². The Bertz CT molecular complexity index is 629. The minimum atomic E-state index is -0.510. The number of aromatic nitrogens is 3. The molecule has 0 radical (unpaired) electrons. The van der Waals surface area contributed by atoms with Crippen LogP contribution in [0.4, 0.5) is 5.69 Å². The largest absolute Gasteiger partial charge is 0.465 e. The van der Waals surface area contributed by atoms with Crippen LogP contribution < -0.4 is 5.73 Å². The second-order valence-electron chi connectivity index (χ2n) is 3.68. The predicted molar refractivity (Wildman–Crippen MR) is 72.4 cm³/mol. The van der Waals surface area contributed by atoms with E-state index in [4.69, 9.17) is 22.1 Å². The Morgan fingerprint density at radius 3 is 2.84 bits per heavy atom. The molecule has 0 saturated carbocycles. The number of methoxy groups -OCH3 is 1. The summed E-state index contributed by atoms with van der Waals surface area (Å²) < 4.78 is 4.71. The number of halogens is 1. The molecule has 0 fully saturated rings. The first-order valence-electron chi connectivity index (χ1n) is 5.25. The molecule has 1 aromatic carbocycles. The van der Waals surface area contributed by atoms with Crippen molar-refractivity contribution in [3.63, 3.8) is 0 Å². The Balaban J connectivity index is 2.45. The number of esters is 1. The van der Waals surface area contributed by atoms with Gasteiger partial charge in [-0.1, -0.05) is 11.6 Å². The van der Waals surface area contributed by atoms with Gasteiger partial charge in [0.25, 0.3) is 0 Å². The van der Waals surface area contributed by atoms with Crippen LogP contribution in [0, 0.1) is 6.92 Å². The Morgan fingerprint density at radius 1 is 1.53 bits per heavy atom. The highest BCUT2D eigenvalue weighted by Gasteiger charge is 2.18. The number of ether oxygens (including phenoxy) is 1. The summed E-state index contributed by atoms with van der Waals surface area (Å²) in [5, 5.41) is 7.52. The van der Waals surface area contributed by atoms with Gasteiger partial charge in [-0.2, -0.15) is 0 Å². The van der Waals surface area contributed by atoms with Crippen molar-refractivity contribution in [2.75, 3.05) is 12.8 Å². The molecule has 0 atom stereocenters. The maximum absolute atomic E-state index is 11.7. The van der Waals surface area contributed by atoms with E-state index in [9.17, 15) is 4.79 Å². The fourth-order valence-corrected chi connectivity index (χ4v) is 2.65. The van der Waals surface area contributed by atoms with E-state index < -0.39 is 5.97 Å². The summed E-state index contributed by atoms with van der Waals surface area (Å²) in [4.78, 5) is 16.4. The van der Waals surface area contributed by atoms with Crippen molar-refractivity contribution in [1.29, 1.82) is 0 Å². The lowest BCUT2D eigenvalue weighted by atomic mass is 10.2. The molecule has 3 N–H and O–H groups in total. The summed E-state index contributed by atoms with van der Waals surface area (Å²) in [6.07, 6.45) is 0. The number of anilines is 1. The number of rotatable bonds is 3. The number of aromatic amines is 1. The number of nitrogens with one attached hydrogen (secondary N) is 1. The number of benzene rings is 1. The van der Waals surface area contributed by atoms with Gasteiger partial charge in [0, 0.05) is 10.6 Å². The van der Waals surface area contributed by atoms with Gasteiger partial charge in [-0.05, 0) is 30.8 Å². The summed E-state index contributed by atoms with van der Waals surface area (Å²) in [5.41, 5.74) is 6.36. The molecule has 0 aliphatic carbocycles. The molecule has 0 spiro atoms. The van der Waals surface area contributed by atoms with Gasteiger partial charge in [0.05, 0.1) is 17.7 Å². The van der Waals surface area contributed by atoms with Crippen LogP contribution in [-0.2, 0) is 4.74 Å². The van der Waals surface area contributed by atoms with Crippen molar-refractivity contribution in [3.05, 3.63) is 28.5 Å². The monoisotopic (exact) mass is 298 g/mol. The van der Waals surface area contributed by atoms with E-state index in [1.54, 1.807) is 13.0 Å². The highest BCUT2D eigenvalue weighted by molar-refractivity contribution is 7.99. The first-order valence-corrected chi connectivity index (χ1v) is 6.45. The third-order valence-corrected chi connectivity index (χ3v) is 3.66. The first kappa shape index (κ1) is 13.7. The number of carbonyl (C=O) groups excluding carboxylic acids is 1. The summed E-state index contributed by atoms with van der Waals surface area (Å²) in [5.74, 6) is 0.164. The summed E-state index contributed by atoms with van der Waals surface area (Å²) in [6, 6.07) is 3.08. The van der Waals surface area contributed by atoms with Gasteiger partial charge >= 0.3 is 5.97 Å². The Kier molecular flexibility index (Phi) is 3.96. The van der Waals surface area contributed by atoms with E-state index in [2.05, 4.69) is 15.2 Å². The van der Waals surface area contributed by atoms with Crippen LogP contribution in [-0.4, -0.2) is 28.3 Å². The zero-order valence-electron chi connectivity index (χ0n) is 10.2.